The Hall–Kier alpha value is -1.79. The Morgan fingerprint density at radius 3 is 2.69 bits per heavy atom. The molecule has 0 fully saturated rings. The molecule has 0 bridgehead atoms. The van der Waals surface area contributed by atoms with Gasteiger partial charge in [0.1, 0.15) is 11.5 Å². The Balaban J connectivity index is 3.14. The first-order chi connectivity index (χ1) is 7.36. The zero-order chi connectivity index (χ0) is 12.3. The van der Waals surface area contributed by atoms with Gasteiger partial charge in [-0.2, -0.15) is 13.2 Å². The van der Waals surface area contributed by atoms with Crippen molar-refractivity contribution in [2.45, 2.75) is 13.1 Å². The number of halogens is 3. The van der Waals surface area contributed by atoms with E-state index in [2.05, 4.69) is 16.5 Å². The molecule has 0 amide bonds. The fraction of sp³-hybridized carbons (Fsp3) is 0.333. The summed E-state index contributed by atoms with van der Waals surface area (Å²) in [6, 6.07) is 0. The summed E-state index contributed by atoms with van der Waals surface area (Å²) >= 11 is 0. The van der Waals surface area contributed by atoms with E-state index >= 15 is 0 Å². The third-order valence-corrected chi connectivity index (χ3v) is 1.65. The van der Waals surface area contributed by atoms with Crippen molar-refractivity contribution in [1.82, 2.24) is 9.97 Å². The maximum atomic E-state index is 12.3. The Bertz CT molecular complexity index is 403. The summed E-state index contributed by atoms with van der Waals surface area (Å²) in [5, 5.41) is 0. The molecule has 1 heterocycles. The van der Waals surface area contributed by atoms with E-state index in [1.54, 1.807) is 6.92 Å². The van der Waals surface area contributed by atoms with Crippen LogP contribution in [0, 0.1) is 0 Å². The first-order valence-electron chi connectivity index (χ1n) is 4.38. The molecular weight excluding hydrogens is 223 g/mol. The van der Waals surface area contributed by atoms with E-state index in [9.17, 15) is 13.2 Å². The van der Waals surface area contributed by atoms with Crippen LogP contribution in [0.5, 0.6) is 0 Å². The summed E-state index contributed by atoms with van der Waals surface area (Å²) in [6.45, 7) is 5.38. The molecular formula is C9H10F3N3O. The van der Waals surface area contributed by atoms with Crippen LogP contribution in [0.15, 0.2) is 12.8 Å². The molecule has 2 N–H and O–H groups in total. The molecule has 1 aromatic rings. The molecule has 0 saturated heterocycles. The second kappa shape index (κ2) is 4.38. The van der Waals surface area contributed by atoms with Gasteiger partial charge in [-0.3, -0.25) is 0 Å². The monoisotopic (exact) mass is 233 g/mol. The number of hydrogen-bond acceptors (Lipinski definition) is 4. The van der Waals surface area contributed by atoms with E-state index in [1.165, 1.54) is 0 Å². The van der Waals surface area contributed by atoms with Gasteiger partial charge in [0.25, 0.3) is 0 Å². The first-order valence-corrected chi connectivity index (χ1v) is 4.38. The lowest BCUT2D eigenvalue weighted by Gasteiger charge is -2.11. The van der Waals surface area contributed by atoms with Gasteiger partial charge in [-0.1, -0.05) is 6.58 Å². The van der Waals surface area contributed by atoms with Gasteiger partial charge in [-0.05, 0) is 6.92 Å². The van der Waals surface area contributed by atoms with Crippen molar-refractivity contribution < 1.29 is 17.9 Å². The molecule has 16 heavy (non-hydrogen) atoms. The summed E-state index contributed by atoms with van der Waals surface area (Å²) in [4.78, 5) is 6.37. The second-order valence-electron chi connectivity index (χ2n) is 2.85. The standard InChI is InChI=1S/C9H10F3N3O/c1-3-16-5(2)7-6(13)4-14-8(15-7)9(10,11)12/h4H,2-3,13H2,1H3. The zero-order valence-corrected chi connectivity index (χ0v) is 8.51. The Kier molecular flexibility index (Phi) is 3.36. The minimum absolute atomic E-state index is 0.00657. The third-order valence-electron chi connectivity index (χ3n) is 1.65. The maximum Gasteiger partial charge on any atom is 0.451 e. The lowest BCUT2D eigenvalue weighted by atomic mass is 10.3. The quantitative estimate of drug-likeness (QED) is 0.812. The number of nitrogen functional groups attached to an aromatic ring is 1. The molecule has 7 heteroatoms. The minimum atomic E-state index is -4.62. The van der Waals surface area contributed by atoms with Crippen molar-refractivity contribution in [3.63, 3.8) is 0 Å². The highest BCUT2D eigenvalue weighted by Gasteiger charge is 2.35. The maximum absolute atomic E-state index is 12.3. The molecule has 0 radical (unpaired) electrons. The van der Waals surface area contributed by atoms with E-state index in [0.717, 1.165) is 6.20 Å². The molecule has 0 aliphatic carbocycles. The summed E-state index contributed by atoms with van der Waals surface area (Å²) in [5.74, 6) is -1.27. The highest BCUT2D eigenvalue weighted by Crippen LogP contribution is 2.28. The topological polar surface area (TPSA) is 61.0 Å². The molecule has 0 aliphatic heterocycles. The lowest BCUT2D eigenvalue weighted by Crippen LogP contribution is -2.13. The summed E-state index contributed by atoms with van der Waals surface area (Å²) in [7, 11) is 0. The van der Waals surface area contributed by atoms with Gasteiger partial charge in [0.05, 0.1) is 18.5 Å². The van der Waals surface area contributed by atoms with Crippen LogP contribution in [0.3, 0.4) is 0 Å². The van der Waals surface area contributed by atoms with Crippen LogP contribution in [-0.4, -0.2) is 16.6 Å². The van der Waals surface area contributed by atoms with Crippen LogP contribution in [-0.2, 0) is 10.9 Å². The molecule has 4 nitrogen and oxygen atoms in total. The largest absolute Gasteiger partial charge is 0.492 e. The number of hydrogen-bond donors (Lipinski definition) is 1. The fourth-order valence-electron chi connectivity index (χ4n) is 0.994. The molecule has 0 atom stereocenters. The predicted molar refractivity (Wildman–Crippen MR) is 52.1 cm³/mol. The second-order valence-corrected chi connectivity index (χ2v) is 2.85. The van der Waals surface area contributed by atoms with E-state index in [4.69, 9.17) is 10.5 Å². The molecule has 1 rings (SSSR count). The van der Waals surface area contributed by atoms with Crippen molar-refractivity contribution in [3.8, 4) is 0 Å². The van der Waals surface area contributed by atoms with Crippen molar-refractivity contribution >= 4 is 11.4 Å². The number of nitrogens with two attached hydrogens (primary N) is 1. The molecule has 0 spiro atoms. The smallest absolute Gasteiger partial charge is 0.451 e. The number of anilines is 1. The molecule has 0 saturated carbocycles. The SMILES string of the molecule is C=C(OCC)c1nc(C(F)(F)F)ncc1N. The normalized spacial score (nSPS) is 11.2. The Morgan fingerprint density at radius 1 is 1.56 bits per heavy atom. The zero-order valence-electron chi connectivity index (χ0n) is 8.51. The van der Waals surface area contributed by atoms with E-state index in [0.29, 0.717) is 0 Å². The van der Waals surface area contributed by atoms with Crippen molar-refractivity contribution in [2.75, 3.05) is 12.3 Å². The van der Waals surface area contributed by atoms with Crippen molar-refractivity contribution in [2.24, 2.45) is 0 Å². The number of ether oxygens (including phenoxy) is 1. The van der Waals surface area contributed by atoms with Gasteiger partial charge in [-0.15, -0.1) is 0 Å². The Morgan fingerprint density at radius 2 is 2.19 bits per heavy atom. The molecule has 0 aliphatic rings. The van der Waals surface area contributed by atoms with Crippen molar-refractivity contribution in [1.29, 1.82) is 0 Å². The van der Waals surface area contributed by atoms with Gasteiger partial charge in [0.15, 0.2) is 0 Å². The van der Waals surface area contributed by atoms with Crippen LogP contribution in [0.2, 0.25) is 0 Å². The van der Waals surface area contributed by atoms with Gasteiger partial charge in [0, 0.05) is 0 Å². The van der Waals surface area contributed by atoms with Gasteiger partial charge in [0.2, 0.25) is 5.82 Å². The molecule has 1 aromatic heterocycles. The van der Waals surface area contributed by atoms with E-state index in [-0.39, 0.29) is 23.7 Å². The van der Waals surface area contributed by atoms with Crippen LogP contribution in [0.4, 0.5) is 18.9 Å². The average molecular weight is 233 g/mol. The van der Waals surface area contributed by atoms with Crippen LogP contribution < -0.4 is 5.73 Å². The summed E-state index contributed by atoms with van der Waals surface area (Å²) in [6.07, 6.45) is -3.73. The highest BCUT2D eigenvalue weighted by molar-refractivity contribution is 5.65. The predicted octanol–water partition coefficient (Wildman–Crippen LogP) is 2.08. The highest BCUT2D eigenvalue weighted by atomic mass is 19.4. The lowest BCUT2D eigenvalue weighted by molar-refractivity contribution is -0.145. The van der Waals surface area contributed by atoms with Gasteiger partial charge >= 0.3 is 6.18 Å². The number of aromatic nitrogens is 2. The van der Waals surface area contributed by atoms with Crippen LogP contribution in [0.25, 0.3) is 5.76 Å². The summed E-state index contributed by atoms with van der Waals surface area (Å²) in [5.41, 5.74) is 5.29. The molecule has 0 aromatic carbocycles. The van der Waals surface area contributed by atoms with E-state index in [1.807, 2.05) is 0 Å². The van der Waals surface area contributed by atoms with E-state index < -0.39 is 12.0 Å². The number of rotatable bonds is 3. The van der Waals surface area contributed by atoms with Gasteiger partial charge < -0.3 is 10.5 Å². The number of alkyl halides is 3. The van der Waals surface area contributed by atoms with Crippen LogP contribution >= 0.6 is 0 Å². The fourth-order valence-corrected chi connectivity index (χ4v) is 0.994. The molecule has 0 unspecified atom stereocenters. The average Bonchev–Trinajstić information content (AvgIpc) is 2.16. The van der Waals surface area contributed by atoms with Crippen LogP contribution in [0.1, 0.15) is 18.4 Å². The van der Waals surface area contributed by atoms with Gasteiger partial charge in [-0.25, -0.2) is 9.97 Å². The third kappa shape index (κ3) is 2.62. The Labute approximate surface area is 90.0 Å². The first kappa shape index (κ1) is 12.3. The molecule has 88 valence electrons. The van der Waals surface area contributed by atoms with Crippen molar-refractivity contribution in [3.05, 3.63) is 24.3 Å². The summed E-state index contributed by atoms with van der Waals surface area (Å²) < 4.78 is 41.9. The minimum Gasteiger partial charge on any atom is -0.492 e. The number of nitrogens with zero attached hydrogens (tertiary/aromatic N) is 2.